The van der Waals surface area contributed by atoms with Crippen LogP contribution in [0.2, 0.25) is 5.02 Å². The highest BCUT2D eigenvalue weighted by molar-refractivity contribution is 6.30. The monoisotopic (exact) mass is 382 g/mol. The molecular weight excluding hydrogens is 360 g/mol. The number of ether oxygens (including phenoxy) is 2. The Morgan fingerprint density at radius 3 is 2.65 bits per heavy atom. The SMILES string of the molecule is C[C@@H](OC(=O)[C@@H]1COc2ccc(Cl)cc2C1)C(=O)NC(=O)NC(C)(C)C. The molecule has 1 aromatic rings. The molecule has 0 bridgehead atoms. The number of hydrogen-bond donors (Lipinski definition) is 2. The number of nitrogens with one attached hydrogen (secondary N) is 2. The van der Waals surface area contributed by atoms with Gasteiger partial charge in [0.2, 0.25) is 0 Å². The topological polar surface area (TPSA) is 93.7 Å². The van der Waals surface area contributed by atoms with Gasteiger partial charge in [-0.25, -0.2) is 4.79 Å². The summed E-state index contributed by atoms with van der Waals surface area (Å²) in [6.07, 6.45) is -0.693. The van der Waals surface area contributed by atoms with Gasteiger partial charge in [-0.15, -0.1) is 0 Å². The molecule has 2 rings (SSSR count). The van der Waals surface area contributed by atoms with E-state index in [1.165, 1.54) is 6.92 Å². The van der Waals surface area contributed by atoms with Gasteiger partial charge in [0, 0.05) is 10.6 Å². The molecule has 0 saturated heterocycles. The van der Waals surface area contributed by atoms with Crippen molar-refractivity contribution >= 4 is 29.5 Å². The Kier molecular flexibility index (Phi) is 6.13. The van der Waals surface area contributed by atoms with E-state index in [1.54, 1.807) is 39.0 Å². The van der Waals surface area contributed by atoms with E-state index in [2.05, 4.69) is 10.6 Å². The Labute approximate surface area is 157 Å². The molecular formula is C18H23ClN2O5. The molecule has 0 saturated carbocycles. The number of amides is 3. The molecule has 1 heterocycles. The minimum atomic E-state index is -1.10. The smallest absolute Gasteiger partial charge is 0.321 e. The Morgan fingerprint density at radius 1 is 1.31 bits per heavy atom. The summed E-state index contributed by atoms with van der Waals surface area (Å²) in [6.45, 7) is 6.92. The van der Waals surface area contributed by atoms with Crippen molar-refractivity contribution in [2.24, 2.45) is 5.92 Å². The van der Waals surface area contributed by atoms with Gasteiger partial charge >= 0.3 is 12.0 Å². The standard InChI is InChI=1S/C18H23ClN2O5/c1-10(15(22)20-17(24)21-18(2,3)4)26-16(23)12-7-11-8-13(19)5-6-14(11)25-9-12/h5-6,8,10,12H,7,9H2,1-4H3,(H2,20,21,22,24)/t10-,12+/m1/s1. The summed E-state index contributed by atoms with van der Waals surface area (Å²) in [5.41, 5.74) is 0.325. The summed E-state index contributed by atoms with van der Waals surface area (Å²) in [5.74, 6) is -1.11. The molecule has 1 aliphatic rings. The Balaban J connectivity index is 1.89. The molecule has 0 fully saturated rings. The van der Waals surface area contributed by atoms with Crippen LogP contribution in [0.4, 0.5) is 4.79 Å². The van der Waals surface area contributed by atoms with Gasteiger partial charge < -0.3 is 14.8 Å². The van der Waals surface area contributed by atoms with Gasteiger partial charge in [0.25, 0.3) is 5.91 Å². The van der Waals surface area contributed by atoms with Crippen LogP contribution < -0.4 is 15.4 Å². The van der Waals surface area contributed by atoms with E-state index in [1.807, 2.05) is 0 Å². The van der Waals surface area contributed by atoms with Crippen molar-refractivity contribution in [2.45, 2.75) is 45.8 Å². The molecule has 0 aliphatic carbocycles. The van der Waals surface area contributed by atoms with Crippen molar-refractivity contribution in [3.63, 3.8) is 0 Å². The molecule has 3 amide bonds. The average Bonchev–Trinajstić information content (AvgIpc) is 2.51. The molecule has 0 unspecified atom stereocenters. The maximum absolute atomic E-state index is 12.3. The fourth-order valence-electron chi connectivity index (χ4n) is 2.42. The van der Waals surface area contributed by atoms with Crippen molar-refractivity contribution in [2.75, 3.05) is 6.61 Å². The predicted octanol–water partition coefficient (Wildman–Crippen LogP) is 2.45. The van der Waals surface area contributed by atoms with Gasteiger partial charge in [-0.2, -0.15) is 0 Å². The molecule has 7 nitrogen and oxygen atoms in total. The maximum Gasteiger partial charge on any atom is 0.321 e. The third-order valence-corrected chi connectivity index (χ3v) is 3.88. The van der Waals surface area contributed by atoms with Crippen LogP contribution in [0.5, 0.6) is 5.75 Å². The van der Waals surface area contributed by atoms with Crippen LogP contribution in [0.3, 0.4) is 0 Å². The largest absolute Gasteiger partial charge is 0.492 e. The van der Waals surface area contributed by atoms with E-state index >= 15 is 0 Å². The molecule has 1 aromatic carbocycles. The van der Waals surface area contributed by atoms with Gasteiger partial charge in [-0.1, -0.05) is 11.6 Å². The zero-order valence-electron chi connectivity index (χ0n) is 15.2. The van der Waals surface area contributed by atoms with Crippen molar-refractivity contribution in [1.29, 1.82) is 0 Å². The number of halogens is 1. The minimum Gasteiger partial charge on any atom is -0.492 e. The summed E-state index contributed by atoms with van der Waals surface area (Å²) >= 11 is 5.96. The number of urea groups is 1. The van der Waals surface area contributed by atoms with E-state index in [4.69, 9.17) is 21.1 Å². The molecule has 1 aliphatic heterocycles. The van der Waals surface area contributed by atoms with Gasteiger partial charge in [0.15, 0.2) is 6.10 Å². The predicted molar refractivity (Wildman–Crippen MR) is 96.1 cm³/mol. The second kappa shape index (κ2) is 7.95. The number of fused-ring (bicyclic) bond motifs is 1. The summed E-state index contributed by atoms with van der Waals surface area (Å²) in [4.78, 5) is 36.0. The first-order valence-electron chi connectivity index (χ1n) is 8.30. The number of hydrogen-bond acceptors (Lipinski definition) is 5. The summed E-state index contributed by atoms with van der Waals surface area (Å²) < 4.78 is 10.7. The molecule has 0 aromatic heterocycles. The second-order valence-corrected chi connectivity index (χ2v) is 7.67. The minimum absolute atomic E-state index is 0.159. The van der Waals surface area contributed by atoms with Crippen LogP contribution in [-0.4, -0.2) is 36.2 Å². The van der Waals surface area contributed by atoms with Crippen LogP contribution >= 0.6 is 11.6 Å². The quantitative estimate of drug-likeness (QED) is 0.783. The highest BCUT2D eigenvalue weighted by atomic mass is 35.5. The normalized spacial score (nSPS) is 17.3. The lowest BCUT2D eigenvalue weighted by atomic mass is 9.97. The van der Waals surface area contributed by atoms with E-state index in [-0.39, 0.29) is 6.61 Å². The van der Waals surface area contributed by atoms with Crippen LogP contribution in [0, 0.1) is 5.92 Å². The summed E-state index contributed by atoms with van der Waals surface area (Å²) in [6, 6.07) is 4.57. The molecule has 2 atom stereocenters. The lowest BCUT2D eigenvalue weighted by molar-refractivity contribution is -0.159. The molecule has 26 heavy (non-hydrogen) atoms. The lowest BCUT2D eigenvalue weighted by Crippen LogP contribution is -2.50. The fraction of sp³-hybridized carbons (Fsp3) is 0.500. The second-order valence-electron chi connectivity index (χ2n) is 7.24. The molecule has 0 spiro atoms. The number of imide groups is 1. The van der Waals surface area contributed by atoms with Crippen LogP contribution in [0.1, 0.15) is 33.3 Å². The Hall–Kier alpha value is -2.28. The highest BCUT2D eigenvalue weighted by Gasteiger charge is 2.30. The van der Waals surface area contributed by atoms with Crippen LogP contribution in [-0.2, 0) is 20.7 Å². The van der Waals surface area contributed by atoms with E-state index < -0.39 is 35.5 Å². The van der Waals surface area contributed by atoms with E-state index in [0.29, 0.717) is 17.2 Å². The Bertz CT molecular complexity index is 714. The number of carbonyl (C=O) groups is 3. The van der Waals surface area contributed by atoms with Gasteiger partial charge in [0.05, 0.1) is 5.92 Å². The number of carbonyl (C=O) groups excluding carboxylic acids is 3. The van der Waals surface area contributed by atoms with Crippen molar-refractivity contribution in [3.8, 4) is 5.75 Å². The molecule has 8 heteroatoms. The molecule has 142 valence electrons. The zero-order chi connectivity index (χ0) is 19.5. The summed E-state index contributed by atoms with van der Waals surface area (Å²) in [7, 11) is 0. The van der Waals surface area contributed by atoms with Gasteiger partial charge in [-0.3, -0.25) is 14.9 Å². The van der Waals surface area contributed by atoms with Crippen LogP contribution in [0.25, 0.3) is 0 Å². The first-order chi connectivity index (χ1) is 12.0. The number of esters is 1. The number of benzene rings is 1. The third kappa shape index (κ3) is 5.62. The average molecular weight is 383 g/mol. The first kappa shape index (κ1) is 20.0. The molecule has 2 N–H and O–H groups in total. The molecule has 0 radical (unpaired) electrons. The van der Waals surface area contributed by atoms with Crippen molar-refractivity contribution in [1.82, 2.24) is 10.6 Å². The van der Waals surface area contributed by atoms with Crippen LogP contribution in [0.15, 0.2) is 18.2 Å². The Morgan fingerprint density at radius 2 is 2.00 bits per heavy atom. The number of rotatable bonds is 3. The van der Waals surface area contributed by atoms with E-state index in [9.17, 15) is 14.4 Å². The first-order valence-corrected chi connectivity index (χ1v) is 8.67. The third-order valence-electron chi connectivity index (χ3n) is 3.65. The lowest BCUT2D eigenvalue weighted by Gasteiger charge is -2.25. The van der Waals surface area contributed by atoms with Crippen molar-refractivity contribution in [3.05, 3.63) is 28.8 Å². The van der Waals surface area contributed by atoms with E-state index in [0.717, 1.165) is 5.56 Å². The van der Waals surface area contributed by atoms with Gasteiger partial charge in [-0.05, 0) is 57.9 Å². The highest BCUT2D eigenvalue weighted by Crippen LogP contribution is 2.30. The maximum atomic E-state index is 12.3. The fourth-order valence-corrected chi connectivity index (χ4v) is 2.62. The van der Waals surface area contributed by atoms with Gasteiger partial charge in [0.1, 0.15) is 12.4 Å². The zero-order valence-corrected chi connectivity index (χ0v) is 16.0. The van der Waals surface area contributed by atoms with Crippen molar-refractivity contribution < 1.29 is 23.9 Å². The summed E-state index contributed by atoms with van der Waals surface area (Å²) in [5, 5.41) is 5.30.